The Balaban J connectivity index is 1.85. The van der Waals surface area contributed by atoms with Crippen LogP contribution in [0.1, 0.15) is 11.1 Å². The molecule has 0 spiro atoms. The van der Waals surface area contributed by atoms with E-state index in [1.807, 2.05) is 97.1 Å². The lowest BCUT2D eigenvalue weighted by atomic mass is 9.95. The summed E-state index contributed by atoms with van der Waals surface area (Å²) in [5.41, 5.74) is 5.41. The van der Waals surface area contributed by atoms with Crippen molar-refractivity contribution in [2.24, 2.45) is 9.98 Å². The van der Waals surface area contributed by atoms with Gasteiger partial charge in [-0.3, -0.25) is 0 Å². The van der Waals surface area contributed by atoms with Crippen molar-refractivity contribution in [2.45, 2.75) is 0 Å². The summed E-state index contributed by atoms with van der Waals surface area (Å²) in [4.78, 5) is 9.46. The van der Waals surface area contributed by atoms with E-state index in [1.54, 1.807) is 14.2 Å². The third-order valence-corrected chi connectivity index (χ3v) is 4.97. The lowest BCUT2D eigenvalue weighted by Crippen LogP contribution is -2.09. The lowest BCUT2D eigenvalue weighted by Gasteiger charge is -2.15. The fourth-order valence-electron chi connectivity index (χ4n) is 3.48. The summed E-state index contributed by atoms with van der Waals surface area (Å²) in [6, 6.07) is 35.7. The van der Waals surface area contributed by atoms with E-state index in [0.29, 0.717) is 11.8 Å². The van der Waals surface area contributed by atoms with Gasteiger partial charge in [-0.25, -0.2) is 9.98 Å². The van der Waals surface area contributed by atoms with Crippen LogP contribution in [0.5, 0.6) is 0 Å². The van der Waals surface area contributed by atoms with Gasteiger partial charge in [0.05, 0.1) is 25.6 Å². The molecule has 0 radical (unpaired) electrons. The van der Waals surface area contributed by atoms with Crippen molar-refractivity contribution < 1.29 is 9.47 Å². The Hall–Kier alpha value is -4.18. The average molecular weight is 421 g/mol. The molecule has 32 heavy (non-hydrogen) atoms. The molecule has 0 aromatic heterocycles. The Morgan fingerprint density at radius 1 is 0.469 bits per heavy atom. The van der Waals surface area contributed by atoms with Gasteiger partial charge in [0.2, 0.25) is 11.8 Å². The predicted octanol–water partition coefficient (Wildman–Crippen LogP) is 6.80. The second-order valence-electron chi connectivity index (χ2n) is 7.00. The molecule has 4 heteroatoms. The second-order valence-corrected chi connectivity index (χ2v) is 7.00. The molecule has 4 aromatic rings. The first kappa shape index (κ1) is 21.1. The smallest absolute Gasteiger partial charge is 0.221 e. The average Bonchev–Trinajstić information content (AvgIpc) is 2.87. The summed E-state index contributed by atoms with van der Waals surface area (Å²) < 4.78 is 11.4. The number of aliphatic imine (C=N–C) groups is 2. The van der Waals surface area contributed by atoms with E-state index >= 15 is 0 Å². The number of benzene rings is 4. The van der Waals surface area contributed by atoms with E-state index < -0.39 is 0 Å². The van der Waals surface area contributed by atoms with Crippen LogP contribution in [0.2, 0.25) is 0 Å². The number of para-hydroxylation sites is 2. The van der Waals surface area contributed by atoms with Crippen LogP contribution in [0.15, 0.2) is 119 Å². The summed E-state index contributed by atoms with van der Waals surface area (Å²) in [7, 11) is 3.28. The lowest BCUT2D eigenvalue weighted by molar-refractivity contribution is 0.404. The molecule has 0 heterocycles. The molecule has 0 unspecified atom stereocenters. The maximum absolute atomic E-state index is 5.71. The minimum absolute atomic E-state index is 0.542. The second kappa shape index (κ2) is 10.2. The molecule has 0 N–H and O–H groups in total. The van der Waals surface area contributed by atoms with Gasteiger partial charge in [0.25, 0.3) is 0 Å². The van der Waals surface area contributed by atoms with Gasteiger partial charge in [0.15, 0.2) is 0 Å². The van der Waals surface area contributed by atoms with E-state index in [0.717, 1.165) is 33.6 Å². The Labute approximate surface area is 188 Å². The van der Waals surface area contributed by atoms with Crippen molar-refractivity contribution in [3.63, 3.8) is 0 Å². The molecular weight excluding hydrogens is 396 g/mol. The summed E-state index contributed by atoms with van der Waals surface area (Å²) in [5, 5.41) is 0. The minimum atomic E-state index is 0.542. The fourth-order valence-corrected chi connectivity index (χ4v) is 3.48. The first-order chi connectivity index (χ1) is 15.8. The van der Waals surface area contributed by atoms with Gasteiger partial charge in [0, 0.05) is 11.1 Å². The summed E-state index contributed by atoms with van der Waals surface area (Å²) in [6.07, 6.45) is 0. The van der Waals surface area contributed by atoms with Crippen molar-refractivity contribution in [1.82, 2.24) is 0 Å². The Bertz CT molecular complexity index is 1130. The molecule has 0 saturated heterocycles. The number of hydrogen-bond acceptors (Lipinski definition) is 4. The van der Waals surface area contributed by atoms with Crippen LogP contribution in [0.3, 0.4) is 0 Å². The van der Waals surface area contributed by atoms with Crippen LogP contribution in [0, 0.1) is 0 Å². The van der Waals surface area contributed by atoms with E-state index in [1.165, 1.54) is 0 Å². The first-order valence-corrected chi connectivity index (χ1v) is 10.3. The summed E-state index contributed by atoms with van der Waals surface area (Å²) in [6.45, 7) is 0. The van der Waals surface area contributed by atoms with E-state index in [9.17, 15) is 0 Å². The van der Waals surface area contributed by atoms with Crippen LogP contribution in [0.25, 0.3) is 11.1 Å². The topological polar surface area (TPSA) is 43.2 Å². The maximum atomic E-state index is 5.71. The molecule has 4 aromatic carbocycles. The monoisotopic (exact) mass is 420 g/mol. The van der Waals surface area contributed by atoms with Gasteiger partial charge < -0.3 is 9.47 Å². The summed E-state index contributed by atoms with van der Waals surface area (Å²) in [5.74, 6) is 1.08. The van der Waals surface area contributed by atoms with Crippen LogP contribution in [-0.4, -0.2) is 26.0 Å². The Kier molecular flexibility index (Phi) is 6.73. The number of methoxy groups -OCH3 is 2. The van der Waals surface area contributed by atoms with Crippen molar-refractivity contribution in [3.8, 4) is 11.1 Å². The molecule has 0 aliphatic carbocycles. The maximum Gasteiger partial charge on any atom is 0.221 e. The molecule has 0 aliphatic rings. The van der Waals surface area contributed by atoms with Crippen LogP contribution in [-0.2, 0) is 9.47 Å². The highest BCUT2D eigenvalue weighted by Gasteiger charge is 2.17. The molecule has 4 nitrogen and oxygen atoms in total. The highest BCUT2D eigenvalue weighted by Crippen LogP contribution is 2.30. The highest BCUT2D eigenvalue weighted by molar-refractivity contribution is 6.07. The van der Waals surface area contributed by atoms with Crippen molar-refractivity contribution in [3.05, 3.63) is 120 Å². The normalized spacial score (nSPS) is 11.8. The molecule has 0 bridgehead atoms. The highest BCUT2D eigenvalue weighted by atomic mass is 16.5. The Morgan fingerprint density at radius 2 is 0.812 bits per heavy atom. The van der Waals surface area contributed by atoms with Gasteiger partial charge in [0.1, 0.15) is 0 Å². The molecule has 4 rings (SSSR count). The first-order valence-electron chi connectivity index (χ1n) is 10.3. The Morgan fingerprint density at radius 3 is 1.19 bits per heavy atom. The number of hydrogen-bond donors (Lipinski definition) is 0. The van der Waals surface area contributed by atoms with Gasteiger partial charge in [-0.2, -0.15) is 0 Å². The standard InChI is InChI=1S/C28H24N2O2/c1-31-27(29-21-13-5-3-6-14-21)25-19-11-9-17-23(25)24-18-10-12-20-26(24)28(32-2)30-22-15-7-4-8-16-22/h3-20H,1-2H3. The molecule has 0 fully saturated rings. The van der Waals surface area contributed by atoms with Crippen LogP contribution >= 0.6 is 0 Å². The molecule has 0 amide bonds. The number of ether oxygens (including phenoxy) is 2. The van der Waals surface area contributed by atoms with E-state index in [4.69, 9.17) is 19.5 Å². The zero-order valence-electron chi connectivity index (χ0n) is 18.1. The fraction of sp³-hybridized carbons (Fsp3) is 0.0714. The third-order valence-electron chi connectivity index (χ3n) is 4.97. The van der Waals surface area contributed by atoms with E-state index in [2.05, 4.69) is 12.1 Å². The molecule has 0 saturated carbocycles. The van der Waals surface area contributed by atoms with Crippen molar-refractivity contribution in [2.75, 3.05) is 14.2 Å². The number of nitrogens with zero attached hydrogens (tertiary/aromatic N) is 2. The quantitative estimate of drug-likeness (QED) is 0.263. The van der Waals surface area contributed by atoms with Crippen molar-refractivity contribution in [1.29, 1.82) is 0 Å². The SMILES string of the molecule is COC(=Nc1ccccc1)c1ccccc1-c1ccccc1C(=Nc1ccccc1)OC. The zero-order valence-corrected chi connectivity index (χ0v) is 18.1. The largest absolute Gasteiger partial charge is 0.481 e. The van der Waals surface area contributed by atoms with Gasteiger partial charge in [-0.05, 0) is 47.5 Å². The molecular formula is C28H24N2O2. The van der Waals surface area contributed by atoms with Crippen LogP contribution in [0.4, 0.5) is 11.4 Å². The molecule has 0 aliphatic heterocycles. The minimum Gasteiger partial charge on any atom is -0.481 e. The van der Waals surface area contributed by atoms with E-state index in [-0.39, 0.29) is 0 Å². The third kappa shape index (κ3) is 4.76. The van der Waals surface area contributed by atoms with Gasteiger partial charge in [-0.1, -0.05) is 72.8 Å². The molecule has 0 atom stereocenters. The summed E-state index contributed by atoms with van der Waals surface area (Å²) >= 11 is 0. The zero-order chi connectivity index (χ0) is 22.2. The van der Waals surface area contributed by atoms with Crippen LogP contribution < -0.4 is 0 Å². The molecule has 158 valence electrons. The van der Waals surface area contributed by atoms with Crippen molar-refractivity contribution >= 4 is 23.2 Å². The predicted molar refractivity (Wildman–Crippen MR) is 131 cm³/mol. The van der Waals surface area contributed by atoms with Gasteiger partial charge in [-0.15, -0.1) is 0 Å². The number of rotatable bonds is 5. The van der Waals surface area contributed by atoms with Gasteiger partial charge >= 0.3 is 0 Å².